The van der Waals surface area contributed by atoms with Gasteiger partial charge < -0.3 is 5.32 Å². The molecule has 2 aromatic carbocycles. The summed E-state index contributed by atoms with van der Waals surface area (Å²) in [5.74, 6) is -0.205. The van der Waals surface area contributed by atoms with E-state index in [1.165, 1.54) is 9.60 Å². The van der Waals surface area contributed by atoms with Gasteiger partial charge in [-0.15, -0.1) is 11.3 Å². The van der Waals surface area contributed by atoms with E-state index >= 15 is 0 Å². The third kappa shape index (κ3) is 3.01. The number of rotatable bonds is 4. The van der Waals surface area contributed by atoms with Crippen molar-refractivity contribution in [2.75, 3.05) is 13.2 Å². The molecule has 2 fully saturated rings. The predicted molar refractivity (Wildman–Crippen MR) is 112 cm³/mol. The van der Waals surface area contributed by atoms with Crippen molar-refractivity contribution < 1.29 is 9.59 Å². The number of urea groups is 1. The number of carbonyl (C=O) groups is 2. The molecule has 0 spiro atoms. The number of benzene rings is 2. The minimum Gasteiger partial charge on any atom is -0.319 e. The molecule has 1 aromatic heterocycles. The second-order valence-corrected chi connectivity index (χ2v) is 8.85. The number of fused-ring (bicyclic) bond motifs is 1. The standard InChI is InChI=1S/C22H22N4O2S/c1-22(15-8-3-2-4-9-15)20(27)26(21(28)24-22)14-25-13-7-11-17(25)19-23-16-10-5-6-12-18(16)29-19/h2-6,8-10,12,17H,7,11,13-14H2,1H3,(H,24,28). The highest BCUT2D eigenvalue weighted by molar-refractivity contribution is 7.18. The third-order valence-corrected chi connectivity index (χ3v) is 7.05. The zero-order chi connectivity index (χ0) is 20.0. The largest absolute Gasteiger partial charge is 0.326 e. The SMILES string of the molecule is CC1(c2ccccc2)NC(=O)N(CN2CCCC2c2nc3ccccc3s2)C1=O. The van der Waals surface area contributed by atoms with Crippen LogP contribution in [0, 0.1) is 0 Å². The summed E-state index contributed by atoms with van der Waals surface area (Å²) >= 11 is 1.70. The first-order chi connectivity index (χ1) is 14.1. The van der Waals surface area contributed by atoms with Crippen molar-refractivity contribution in [2.24, 2.45) is 0 Å². The Morgan fingerprint density at radius 3 is 2.69 bits per heavy atom. The number of aromatic nitrogens is 1. The van der Waals surface area contributed by atoms with Crippen LogP contribution in [0.25, 0.3) is 10.2 Å². The van der Waals surface area contributed by atoms with Crippen LogP contribution in [-0.4, -0.2) is 39.9 Å². The van der Waals surface area contributed by atoms with Crippen LogP contribution < -0.4 is 5.32 Å². The zero-order valence-corrected chi connectivity index (χ0v) is 17.0. The molecule has 0 radical (unpaired) electrons. The van der Waals surface area contributed by atoms with E-state index in [2.05, 4.69) is 16.3 Å². The van der Waals surface area contributed by atoms with Crippen molar-refractivity contribution in [3.8, 4) is 0 Å². The molecule has 6 nitrogen and oxygen atoms in total. The number of para-hydroxylation sites is 1. The van der Waals surface area contributed by atoms with Gasteiger partial charge in [-0.3, -0.25) is 9.69 Å². The number of carbonyl (C=O) groups excluding carboxylic acids is 2. The summed E-state index contributed by atoms with van der Waals surface area (Å²) in [4.78, 5) is 34.3. The molecule has 2 unspecified atom stereocenters. The quantitative estimate of drug-likeness (QED) is 0.668. The van der Waals surface area contributed by atoms with Crippen molar-refractivity contribution in [2.45, 2.75) is 31.3 Å². The minimum absolute atomic E-state index is 0.136. The highest BCUT2D eigenvalue weighted by atomic mass is 32.1. The third-order valence-electron chi connectivity index (χ3n) is 5.91. The average molecular weight is 407 g/mol. The molecule has 3 amide bonds. The van der Waals surface area contributed by atoms with Gasteiger partial charge in [0.05, 0.1) is 22.9 Å². The summed E-state index contributed by atoms with van der Waals surface area (Å²) in [7, 11) is 0. The van der Waals surface area contributed by atoms with E-state index in [4.69, 9.17) is 4.98 Å². The minimum atomic E-state index is -1.02. The van der Waals surface area contributed by atoms with Gasteiger partial charge in [0.2, 0.25) is 0 Å². The van der Waals surface area contributed by atoms with Gasteiger partial charge in [0.15, 0.2) is 0 Å². The van der Waals surface area contributed by atoms with Crippen LogP contribution in [0.15, 0.2) is 54.6 Å². The Morgan fingerprint density at radius 1 is 1.14 bits per heavy atom. The van der Waals surface area contributed by atoms with E-state index in [1.807, 2.05) is 48.5 Å². The maximum Gasteiger partial charge on any atom is 0.326 e. The van der Waals surface area contributed by atoms with Gasteiger partial charge in [0.25, 0.3) is 5.91 Å². The van der Waals surface area contributed by atoms with Crippen LogP contribution in [0.3, 0.4) is 0 Å². The lowest BCUT2D eigenvalue weighted by Crippen LogP contribution is -2.43. The second-order valence-electron chi connectivity index (χ2n) is 7.79. The summed E-state index contributed by atoms with van der Waals surface area (Å²) in [6, 6.07) is 17.3. The van der Waals surface area contributed by atoms with Crippen molar-refractivity contribution in [3.63, 3.8) is 0 Å². The lowest BCUT2D eigenvalue weighted by atomic mass is 9.92. The van der Waals surface area contributed by atoms with Gasteiger partial charge in [-0.2, -0.15) is 0 Å². The van der Waals surface area contributed by atoms with Crippen LogP contribution in [-0.2, 0) is 10.3 Å². The average Bonchev–Trinajstić information content (AvgIpc) is 3.42. The molecule has 3 aromatic rings. The van der Waals surface area contributed by atoms with Crippen LogP contribution in [0.5, 0.6) is 0 Å². The Hall–Kier alpha value is -2.77. The number of nitrogens with zero attached hydrogens (tertiary/aromatic N) is 3. The van der Waals surface area contributed by atoms with Crippen LogP contribution in [0.4, 0.5) is 4.79 Å². The van der Waals surface area contributed by atoms with Crippen LogP contribution in [0.1, 0.15) is 36.4 Å². The molecule has 7 heteroatoms. The molecule has 5 rings (SSSR count). The second kappa shape index (κ2) is 6.93. The maximum absolute atomic E-state index is 13.2. The zero-order valence-electron chi connectivity index (χ0n) is 16.2. The predicted octanol–water partition coefficient (Wildman–Crippen LogP) is 3.86. The molecule has 2 saturated heterocycles. The van der Waals surface area contributed by atoms with Gasteiger partial charge in [-0.25, -0.2) is 14.7 Å². The first kappa shape index (κ1) is 18.3. The van der Waals surface area contributed by atoms with Gasteiger partial charge in [0, 0.05) is 6.54 Å². The summed E-state index contributed by atoms with van der Waals surface area (Å²) in [6.45, 7) is 2.91. The Morgan fingerprint density at radius 2 is 1.90 bits per heavy atom. The van der Waals surface area contributed by atoms with Gasteiger partial charge >= 0.3 is 6.03 Å². The topological polar surface area (TPSA) is 65.5 Å². The van der Waals surface area contributed by atoms with Crippen molar-refractivity contribution in [1.29, 1.82) is 0 Å². The normalized spacial score (nSPS) is 25.1. The molecule has 2 aliphatic heterocycles. The Balaban J connectivity index is 1.39. The molecule has 0 saturated carbocycles. The molecule has 3 heterocycles. The summed E-state index contributed by atoms with van der Waals surface area (Å²) < 4.78 is 1.17. The molecule has 0 aliphatic carbocycles. The molecule has 148 valence electrons. The van der Waals surface area contributed by atoms with Gasteiger partial charge in [-0.05, 0) is 37.5 Å². The Labute approximate surface area is 173 Å². The van der Waals surface area contributed by atoms with Gasteiger partial charge in [0.1, 0.15) is 10.5 Å². The Bertz CT molecular complexity index is 1050. The molecular formula is C22H22N4O2S. The molecule has 0 bridgehead atoms. The van der Waals surface area contributed by atoms with Crippen molar-refractivity contribution >= 4 is 33.5 Å². The number of likely N-dealkylation sites (tertiary alicyclic amines) is 1. The van der Waals surface area contributed by atoms with E-state index < -0.39 is 5.54 Å². The fourth-order valence-corrected chi connectivity index (χ4v) is 5.42. The number of thiazole rings is 1. The molecular weight excluding hydrogens is 384 g/mol. The first-order valence-corrected chi connectivity index (χ1v) is 10.7. The summed E-state index contributed by atoms with van der Waals surface area (Å²) in [6.07, 6.45) is 2.01. The van der Waals surface area contributed by atoms with E-state index in [0.717, 1.165) is 35.5 Å². The molecule has 2 atom stereocenters. The van der Waals surface area contributed by atoms with E-state index in [-0.39, 0.29) is 24.6 Å². The van der Waals surface area contributed by atoms with E-state index in [0.29, 0.717) is 0 Å². The fraction of sp³-hybridized carbons (Fsp3) is 0.318. The molecule has 1 N–H and O–H groups in total. The van der Waals surface area contributed by atoms with Crippen LogP contribution in [0.2, 0.25) is 0 Å². The molecule has 2 aliphatic rings. The van der Waals surface area contributed by atoms with Crippen molar-refractivity contribution in [3.05, 3.63) is 65.2 Å². The van der Waals surface area contributed by atoms with Gasteiger partial charge in [-0.1, -0.05) is 42.5 Å². The number of hydrogen-bond acceptors (Lipinski definition) is 5. The highest BCUT2D eigenvalue weighted by Gasteiger charge is 2.50. The highest BCUT2D eigenvalue weighted by Crippen LogP contribution is 2.37. The maximum atomic E-state index is 13.2. The lowest BCUT2D eigenvalue weighted by molar-refractivity contribution is -0.132. The summed E-state index contributed by atoms with van der Waals surface area (Å²) in [5.41, 5.74) is 0.777. The molecule has 29 heavy (non-hydrogen) atoms. The Kier molecular flexibility index (Phi) is 4.37. The monoisotopic (exact) mass is 406 g/mol. The van der Waals surface area contributed by atoms with Crippen LogP contribution >= 0.6 is 11.3 Å². The number of nitrogens with one attached hydrogen (secondary N) is 1. The fourth-order valence-electron chi connectivity index (χ4n) is 4.28. The lowest BCUT2D eigenvalue weighted by Gasteiger charge is -2.27. The summed E-state index contributed by atoms with van der Waals surface area (Å²) in [5, 5.41) is 3.95. The van der Waals surface area contributed by atoms with Crippen molar-refractivity contribution in [1.82, 2.24) is 20.1 Å². The van der Waals surface area contributed by atoms with E-state index in [9.17, 15) is 9.59 Å². The van der Waals surface area contributed by atoms with E-state index in [1.54, 1.807) is 18.3 Å². The first-order valence-electron chi connectivity index (χ1n) is 9.85. The number of hydrogen-bond donors (Lipinski definition) is 1. The number of amides is 3. The smallest absolute Gasteiger partial charge is 0.319 e. The number of imide groups is 1.